The first kappa shape index (κ1) is 15.1. The van der Waals surface area contributed by atoms with Gasteiger partial charge in [-0.05, 0) is 37.5 Å². The normalized spacial score (nSPS) is 15.0. The number of phenols is 1. The van der Waals surface area contributed by atoms with Crippen molar-refractivity contribution in [3.8, 4) is 5.75 Å². The number of nitrogens with one attached hydrogen (secondary N) is 1. The van der Waals surface area contributed by atoms with Crippen LogP contribution in [0.2, 0.25) is 0 Å². The van der Waals surface area contributed by atoms with Crippen LogP contribution in [0.5, 0.6) is 5.75 Å². The molecule has 0 saturated carbocycles. The number of rotatable bonds is 4. The van der Waals surface area contributed by atoms with Gasteiger partial charge in [-0.15, -0.1) is 0 Å². The molecule has 0 radical (unpaired) electrons. The lowest BCUT2D eigenvalue weighted by Crippen LogP contribution is -2.28. The molecule has 2 N–H and O–H groups in total. The predicted molar refractivity (Wildman–Crippen MR) is 87.9 cm³/mol. The molecule has 6 nitrogen and oxygen atoms in total. The summed E-state index contributed by atoms with van der Waals surface area (Å²) in [6.07, 6.45) is 5.08. The summed E-state index contributed by atoms with van der Waals surface area (Å²) in [4.78, 5) is 14.1. The molecule has 1 aliphatic heterocycles. The van der Waals surface area contributed by atoms with Crippen LogP contribution in [0.1, 0.15) is 35.4 Å². The van der Waals surface area contributed by atoms with Crippen molar-refractivity contribution < 1.29 is 14.3 Å². The largest absolute Gasteiger partial charge is 0.507 e. The van der Waals surface area contributed by atoms with E-state index >= 15 is 0 Å². The van der Waals surface area contributed by atoms with Crippen LogP contribution in [0.25, 0.3) is 0 Å². The van der Waals surface area contributed by atoms with E-state index in [0.29, 0.717) is 5.76 Å². The summed E-state index contributed by atoms with van der Waals surface area (Å²) in [7, 11) is 0. The summed E-state index contributed by atoms with van der Waals surface area (Å²) in [5.74, 6) is 0.856. The van der Waals surface area contributed by atoms with Crippen LogP contribution in [0, 0.1) is 0 Å². The predicted octanol–water partition coefficient (Wildman–Crippen LogP) is 2.74. The molecule has 1 aromatic carbocycles. The van der Waals surface area contributed by atoms with Crippen LogP contribution in [0.4, 0.5) is 5.88 Å². The van der Waals surface area contributed by atoms with Gasteiger partial charge in [0.05, 0.1) is 11.8 Å². The van der Waals surface area contributed by atoms with E-state index in [4.69, 9.17) is 4.42 Å². The zero-order valence-electron chi connectivity index (χ0n) is 12.7. The van der Waals surface area contributed by atoms with Crippen LogP contribution < -0.4 is 10.3 Å². The molecule has 1 amide bonds. The van der Waals surface area contributed by atoms with Crippen LogP contribution >= 0.6 is 0 Å². The number of anilines is 1. The molecule has 1 fully saturated rings. The average Bonchev–Trinajstić information content (AvgIpc) is 3.05. The summed E-state index contributed by atoms with van der Waals surface area (Å²) < 4.78 is 5.71. The van der Waals surface area contributed by atoms with E-state index in [-0.39, 0.29) is 11.3 Å². The monoisotopic (exact) mass is 313 g/mol. The molecule has 2 heterocycles. The minimum absolute atomic E-state index is 0.0782. The summed E-state index contributed by atoms with van der Waals surface area (Å²) in [6, 6.07) is 10.0. The first-order valence-corrected chi connectivity index (χ1v) is 7.70. The highest BCUT2D eigenvalue weighted by Crippen LogP contribution is 2.21. The number of nitrogens with zero attached hydrogens (tertiary/aromatic N) is 2. The zero-order chi connectivity index (χ0) is 16.1. The van der Waals surface area contributed by atoms with Gasteiger partial charge in [-0.2, -0.15) is 5.10 Å². The van der Waals surface area contributed by atoms with Crippen molar-refractivity contribution in [1.82, 2.24) is 5.43 Å². The highest BCUT2D eigenvalue weighted by Gasteiger charge is 2.14. The van der Waals surface area contributed by atoms with Gasteiger partial charge in [0.1, 0.15) is 11.5 Å². The van der Waals surface area contributed by atoms with Crippen molar-refractivity contribution in [2.75, 3.05) is 18.0 Å². The van der Waals surface area contributed by atoms with Gasteiger partial charge in [0.15, 0.2) is 5.88 Å². The number of aromatic hydroxyl groups is 1. The Morgan fingerprint density at radius 3 is 2.74 bits per heavy atom. The van der Waals surface area contributed by atoms with E-state index in [0.717, 1.165) is 19.0 Å². The second-order valence-corrected chi connectivity index (χ2v) is 5.44. The fourth-order valence-electron chi connectivity index (χ4n) is 2.58. The maximum absolute atomic E-state index is 11.9. The Morgan fingerprint density at radius 2 is 1.96 bits per heavy atom. The molecule has 3 rings (SSSR count). The number of phenolic OH excluding ortho intramolecular Hbond substituents is 1. The van der Waals surface area contributed by atoms with Crippen molar-refractivity contribution in [2.45, 2.75) is 19.3 Å². The molecule has 1 aliphatic rings. The molecule has 0 bridgehead atoms. The van der Waals surface area contributed by atoms with Crippen molar-refractivity contribution in [3.05, 3.63) is 47.7 Å². The minimum Gasteiger partial charge on any atom is -0.507 e. The van der Waals surface area contributed by atoms with Gasteiger partial charge >= 0.3 is 0 Å². The molecule has 0 unspecified atom stereocenters. The molecule has 23 heavy (non-hydrogen) atoms. The van der Waals surface area contributed by atoms with Gasteiger partial charge in [-0.3, -0.25) is 4.79 Å². The van der Waals surface area contributed by atoms with Gasteiger partial charge < -0.3 is 14.4 Å². The van der Waals surface area contributed by atoms with Gasteiger partial charge in [0.2, 0.25) is 0 Å². The van der Waals surface area contributed by atoms with E-state index in [1.807, 2.05) is 12.1 Å². The molecule has 0 atom stereocenters. The van der Waals surface area contributed by atoms with E-state index in [2.05, 4.69) is 15.4 Å². The van der Waals surface area contributed by atoms with E-state index in [9.17, 15) is 9.90 Å². The van der Waals surface area contributed by atoms with E-state index in [1.165, 1.54) is 37.6 Å². The van der Waals surface area contributed by atoms with E-state index < -0.39 is 5.91 Å². The highest BCUT2D eigenvalue weighted by molar-refractivity contribution is 5.97. The van der Waals surface area contributed by atoms with Crippen LogP contribution in [-0.4, -0.2) is 30.3 Å². The molecular weight excluding hydrogens is 294 g/mol. The number of piperidine rings is 1. The average molecular weight is 313 g/mol. The minimum atomic E-state index is -0.470. The Hall–Kier alpha value is -2.76. The third kappa shape index (κ3) is 3.71. The summed E-state index contributed by atoms with van der Waals surface area (Å²) in [5, 5.41) is 13.5. The third-order valence-corrected chi connectivity index (χ3v) is 3.79. The fourth-order valence-corrected chi connectivity index (χ4v) is 2.58. The molecule has 1 saturated heterocycles. The maximum atomic E-state index is 11.9. The number of carbonyl (C=O) groups excluding carboxylic acids is 1. The first-order chi connectivity index (χ1) is 11.2. The van der Waals surface area contributed by atoms with E-state index in [1.54, 1.807) is 12.1 Å². The quantitative estimate of drug-likeness (QED) is 0.672. The standard InChI is InChI=1S/C17H19N3O3/c21-15-7-3-2-6-14(15)17(22)19-18-12-13-8-9-16(23-13)20-10-4-1-5-11-20/h2-3,6-9,12,21H,1,4-5,10-11H2,(H,19,22)/b18-12-. The Kier molecular flexibility index (Phi) is 4.61. The number of furan rings is 1. The second-order valence-electron chi connectivity index (χ2n) is 5.44. The third-order valence-electron chi connectivity index (χ3n) is 3.79. The Bertz CT molecular complexity index is 703. The van der Waals surface area contributed by atoms with Crippen molar-refractivity contribution >= 4 is 18.0 Å². The van der Waals surface area contributed by atoms with Gasteiger partial charge in [0.25, 0.3) is 5.91 Å². The number of para-hydroxylation sites is 1. The first-order valence-electron chi connectivity index (χ1n) is 7.70. The number of hydrogen-bond donors (Lipinski definition) is 2. The molecule has 2 aromatic rings. The highest BCUT2D eigenvalue weighted by atomic mass is 16.4. The smallest absolute Gasteiger partial charge is 0.275 e. The molecule has 0 spiro atoms. The number of hydrogen-bond acceptors (Lipinski definition) is 5. The molecule has 120 valence electrons. The van der Waals surface area contributed by atoms with Crippen LogP contribution in [-0.2, 0) is 0 Å². The second kappa shape index (κ2) is 7.00. The Morgan fingerprint density at radius 1 is 1.17 bits per heavy atom. The van der Waals surface area contributed by atoms with Gasteiger partial charge in [-0.1, -0.05) is 12.1 Å². The van der Waals surface area contributed by atoms with Crippen molar-refractivity contribution in [1.29, 1.82) is 0 Å². The molecule has 1 aromatic heterocycles. The van der Waals surface area contributed by atoms with Gasteiger partial charge in [0, 0.05) is 19.2 Å². The summed E-state index contributed by atoms with van der Waals surface area (Å²) in [5.41, 5.74) is 2.55. The molecule has 0 aliphatic carbocycles. The number of hydrazone groups is 1. The van der Waals surface area contributed by atoms with Crippen molar-refractivity contribution in [2.24, 2.45) is 5.10 Å². The number of amides is 1. The lowest BCUT2D eigenvalue weighted by atomic mass is 10.1. The lowest BCUT2D eigenvalue weighted by molar-refractivity contribution is 0.0952. The van der Waals surface area contributed by atoms with Crippen LogP contribution in [0.15, 0.2) is 45.9 Å². The van der Waals surface area contributed by atoms with Gasteiger partial charge in [-0.25, -0.2) is 5.43 Å². The molecule has 6 heteroatoms. The zero-order valence-corrected chi connectivity index (χ0v) is 12.7. The SMILES string of the molecule is O=C(N/N=C\c1ccc(N2CCCCC2)o1)c1ccccc1O. The summed E-state index contributed by atoms with van der Waals surface area (Å²) in [6.45, 7) is 2.02. The topological polar surface area (TPSA) is 78.1 Å². The number of benzene rings is 1. The Labute approximate surface area is 134 Å². The molecular formula is C17H19N3O3. The fraction of sp³-hybridized carbons (Fsp3) is 0.294. The Balaban J connectivity index is 1.59. The number of carbonyl (C=O) groups is 1. The maximum Gasteiger partial charge on any atom is 0.275 e. The van der Waals surface area contributed by atoms with Crippen molar-refractivity contribution in [3.63, 3.8) is 0 Å². The lowest BCUT2D eigenvalue weighted by Gasteiger charge is -2.25. The van der Waals surface area contributed by atoms with Crippen LogP contribution in [0.3, 0.4) is 0 Å². The summed E-state index contributed by atoms with van der Waals surface area (Å²) >= 11 is 0.